The highest BCUT2D eigenvalue weighted by atomic mass is 32.2. The van der Waals surface area contributed by atoms with Gasteiger partial charge in [-0.15, -0.1) is 10.2 Å². The van der Waals surface area contributed by atoms with E-state index in [1.165, 1.54) is 0 Å². The van der Waals surface area contributed by atoms with Gasteiger partial charge >= 0.3 is 0 Å². The quantitative estimate of drug-likeness (QED) is 0.815. The molecule has 0 aromatic carbocycles. The van der Waals surface area contributed by atoms with Crippen LogP contribution in [-0.4, -0.2) is 19.9 Å². The third-order valence-electron chi connectivity index (χ3n) is 2.29. The molecule has 92 valence electrons. The maximum atomic E-state index is 5.63. The van der Waals surface area contributed by atoms with E-state index in [4.69, 9.17) is 10.3 Å². The van der Waals surface area contributed by atoms with Crippen LogP contribution in [0.4, 0.5) is 0 Å². The Labute approximate surface area is 104 Å². The summed E-state index contributed by atoms with van der Waals surface area (Å²) in [5.74, 6) is 1.58. The summed E-state index contributed by atoms with van der Waals surface area (Å²) >= 11 is 1.60. The first-order chi connectivity index (χ1) is 8.22. The Kier molecular flexibility index (Phi) is 3.80. The fourth-order valence-electron chi connectivity index (χ4n) is 1.51. The second-order valence-corrected chi connectivity index (χ2v) is 4.83. The fraction of sp³-hybridized carbons (Fsp3) is 0.500. The molecule has 2 heterocycles. The van der Waals surface area contributed by atoms with Crippen LogP contribution in [0.1, 0.15) is 31.3 Å². The number of thioether (sulfide) groups is 1. The Morgan fingerprint density at radius 3 is 2.88 bits per heavy atom. The molecule has 0 fully saturated rings. The Morgan fingerprint density at radius 2 is 2.29 bits per heavy atom. The Hall–Kier alpha value is -1.34. The van der Waals surface area contributed by atoms with Crippen LogP contribution < -0.4 is 5.73 Å². The van der Waals surface area contributed by atoms with E-state index in [0.717, 1.165) is 22.3 Å². The summed E-state index contributed by atoms with van der Waals surface area (Å²) in [6.07, 6.45) is 3.33. The summed E-state index contributed by atoms with van der Waals surface area (Å²) in [5.41, 5.74) is 6.67. The van der Waals surface area contributed by atoms with Crippen LogP contribution in [0.25, 0.3) is 0 Å². The standard InChI is InChI=1S/C10H15N5OS/c1-7(2)15-9(3-11)13-14-10(15)17-6-8-4-12-16-5-8/h4-5,7H,3,6,11H2,1-2H3. The van der Waals surface area contributed by atoms with Crippen LogP contribution in [0.5, 0.6) is 0 Å². The van der Waals surface area contributed by atoms with Gasteiger partial charge in [0.1, 0.15) is 12.1 Å². The van der Waals surface area contributed by atoms with Crippen molar-refractivity contribution in [3.8, 4) is 0 Å². The first-order valence-corrected chi connectivity index (χ1v) is 6.35. The van der Waals surface area contributed by atoms with E-state index in [0.29, 0.717) is 12.6 Å². The first kappa shape index (κ1) is 12.1. The van der Waals surface area contributed by atoms with E-state index < -0.39 is 0 Å². The Bertz CT molecular complexity index is 465. The minimum atomic E-state index is 0.300. The molecule has 0 aliphatic rings. The molecule has 2 N–H and O–H groups in total. The van der Waals surface area contributed by atoms with Gasteiger partial charge in [-0.1, -0.05) is 16.9 Å². The summed E-state index contributed by atoms with van der Waals surface area (Å²) in [6.45, 7) is 4.58. The molecule has 0 atom stereocenters. The average molecular weight is 253 g/mol. The van der Waals surface area contributed by atoms with Gasteiger partial charge < -0.3 is 14.8 Å². The van der Waals surface area contributed by atoms with Crippen LogP contribution in [-0.2, 0) is 12.3 Å². The minimum absolute atomic E-state index is 0.300. The molecular weight excluding hydrogens is 238 g/mol. The SMILES string of the molecule is CC(C)n1c(CN)nnc1SCc1cnoc1. The average Bonchev–Trinajstić information content (AvgIpc) is 2.95. The number of nitrogens with zero attached hydrogens (tertiary/aromatic N) is 4. The van der Waals surface area contributed by atoms with Crippen LogP contribution in [0.15, 0.2) is 22.1 Å². The molecule has 2 aromatic rings. The highest BCUT2D eigenvalue weighted by Gasteiger charge is 2.14. The number of aromatic nitrogens is 4. The summed E-state index contributed by atoms with van der Waals surface area (Å²) in [5, 5.41) is 12.8. The lowest BCUT2D eigenvalue weighted by atomic mass is 10.4. The predicted octanol–water partition coefficient (Wildman–Crippen LogP) is 1.60. The van der Waals surface area contributed by atoms with Crippen molar-refractivity contribution in [2.75, 3.05) is 0 Å². The van der Waals surface area contributed by atoms with Gasteiger partial charge in [-0.05, 0) is 13.8 Å². The van der Waals surface area contributed by atoms with Crippen LogP contribution in [0.2, 0.25) is 0 Å². The van der Waals surface area contributed by atoms with Crippen molar-refractivity contribution in [2.24, 2.45) is 5.73 Å². The zero-order chi connectivity index (χ0) is 12.3. The van der Waals surface area contributed by atoms with E-state index >= 15 is 0 Å². The third kappa shape index (κ3) is 2.67. The lowest BCUT2D eigenvalue weighted by Crippen LogP contribution is -2.11. The fourth-order valence-corrected chi connectivity index (χ4v) is 2.50. The van der Waals surface area contributed by atoms with E-state index in [1.54, 1.807) is 24.2 Å². The normalized spacial score (nSPS) is 11.3. The number of rotatable bonds is 5. The van der Waals surface area contributed by atoms with Gasteiger partial charge in [-0.2, -0.15) is 0 Å². The van der Waals surface area contributed by atoms with Crippen molar-refractivity contribution < 1.29 is 4.52 Å². The van der Waals surface area contributed by atoms with Gasteiger partial charge in [0.2, 0.25) is 0 Å². The minimum Gasteiger partial charge on any atom is -0.364 e. The molecule has 0 saturated heterocycles. The second kappa shape index (κ2) is 5.33. The molecule has 2 aromatic heterocycles. The van der Waals surface area contributed by atoms with Crippen molar-refractivity contribution >= 4 is 11.8 Å². The van der Waals surface area contributed by atoms with Crippen molar-refractivity contribution in [3.63, 3.8) is 0 Å². The number of hydrogen-bond acceptors (Lipinski definition) is 6. The van der Waals surface area contributed by atoms with E-state index in [9.17, 15) is 0 Å². The molecule has 17 heavy (non-hydrogen) atoms. The summed E-state index contributed by atoms with van der Waals surface area (Å²) < 4.78 is 6.83. The molecule has 0 spiro atoms. The molecule has 6 nitrogen and oxygen atoms in total. The number of nitrogens with two attached hydrogens (primary N) is 1. The molecular formula is C10H15N5OS. The van der Waals surface area contributed by atoms with Crippen molar-refractivity contribution in [1.82, 2.24) is 19.9 Å². The topological polar surface area (TPSA) is 82.8 Å². The Morgan fingerprint density at radius 1 is 1.47 bits per heavy atom. The highest BCUT2D eigenvalue weighted by molar-refractivity contribution is 7.98. The van der Waals surface area contributed by atoms with Crippen molar-refractivity contribution in [2.45, 2.75) is 37.3 Å². The summed E-state index contributed by atoms with van der Waals surface area (Å²) in [7, 11) is 0. The van der Waals surface area contributed by atoms with Gasteiger partial charge in [-0.3, -0.25) is 0 Å². The van der Waals surface area contributed by atoms with Gasteiger partial charge in [0.15, 0.2) is 5.16 Å². The zero-order valence-corrected chi connectivity index (χ0v) is 10.6. The van der Waals surface area contributed by atoms with Gasteiger partial charge in [0, 0.05) is 17.4 Å². The largest absolute Gasteiger partial charge is 0.364 e. The monoisotopic (exact) mass is 253 g/mol. The van der Waals surface area contributed by atoms with Crippen LogP contribution in [0.3, 0.4) is 0 Å². The predicted molar refractivity (Wildman–Crippen MR) is 64.4 cm³/mol. The Balaban J connectivity index is 2.12. The smallest absolute Gasteiger partial charge is 0.191 e. The summed E-state index contributed by atoms with van der Waals surface area (Å²) in [4.78, 5) is 0. The summed E-state index contributed by atoms with van der Waals surface area (Å²) in [6, 6.07) is 0.300. The first-order valence-electron chi connectivity index (χ1n) is 5.37. The lowest BCUT2D eigenvalue weighted by molar-refractivity contribution is 0.419. The lowest BCUT2D eigenvalue weighted by Gasteiger charge is -2.12. The molecule has 0 aliphatic heterocycles. The zero-order valence-electron chi connectivity index (χ0n) is 9.83. The van der Waals surface area contributed by atoms with Gasteiger partial charge in [0.05, 0.1) is 12.7 Å². The third-order valence-corrected chi connectivity index (χ3v) is 3.30. The van der Waals surface area contributed by atoms with Crippen LogP contribution >= 0.6 is 11.8 Å². The molecule has 0 unspecified atom stereocenters. The molecule has 0 saturated carbocycles. The van der Waals surface area contributed by atoms with E-state index in [2.05, 4.69) is 33.8 Å². The molecule has 0 bridgehead atoms. The van der Waals surface area contributed by atoms with Crippen molar-refractivity contribution in [3.05, 3.63) is 23.8 Å². The van der Waals surface area contributed by atoms with E-state index in [1.807, 2.05) is 0 Å². The van der Waals surface area contributed by atoms with E-state index in [-0.39, 0.29) is 0 Å². The van der Waals surface area contributed by atoms with Gasteiger partial charge in [-0.25, -0.2) is 0 Å². The molecule has 0 radical (unpaired) electrons. The molecule has 0 amide bonds. The van der Waals surface area contributed by atoms with Crippen molar-refractivity contribution in [1.29, 1.82) is 0 Å². The van der Waals surface area contributed by atoms with Gasteiger partial charge in [0.25, 0.3) is 0 Å². The highest BCUT2D eigenvalue weighted by Crippen LogP contribution is 2.24. The maximum Gasteiger partial charge on any atom is 0.191 e. The maximum absolute atomic E-state index is 5.63. The number of hydrogen-bond donors (Lipinski definition) is 1. The molecule has 2 rings (SSSR count). The molecule has 0 aliphatic carbocycles. The molecule has 7 heteroatoms. The van der Waals surface area contributed by atoms with Crippen LogP contribution in [0, 0.1) is 0 Å². The second-order valence-electron chi connectivity index (χ2n) is 3.89.